The molecule has 3 nitrogen and oxygen atoms in total. The first-order chi connectivity index (χ1) is 10.5. The van der Waals surface area contributed by atoms with E-state index in [1.165, 1.54) is 5.56 Å². The molecule has 1 amide bonds. The second-order valence-corrected chi connectivity index (χ2v) is 5.63. The fourth-order valence-electron chi connectivity index (χ4n) is 2.36. The lowest BCUT2D eigenvalue weighted by molar-refractivity contribution is 0.0742. The van der Waals surface area contributed by atoms with E-state index in [2.05, 4.69) is 31.2 Å². The van der Waals surface area contributed by atoms with Gasteiger partial charge in [-0.05, 0) is 37.1 Å². The summed E-state index contributed by atoms with van der Waals surface area (Å²) in [6, 6.07) is 15.9. The number of carbonyl (C=O) groups is 1. The average Bonchev–Trinajstić information content (AvgIpc) is 2.54. The van der Waals surface area contributed by atoms with E-state index in [4.69, 9.17) is 4.74 Å². The van der Waals surface area contributed by atoms with E-state index in [0.29, 0.717) is 12.2 Å². The highest BCUT2D eigenvalue weighted by Gasteiger charge is 2.18. The number of amides is 1. The molecule has 0 N–H and O–H groups in total. The molecule has 2 aromatic rings. The summed E-state index contributed by atoms with van der Waals surface area (Å²) in [6.07, 6.45) is 0. The van der Waals surface area contributed by atoms with Crippen LogP contribution in [0.1, 0.15) is 40.0 Å². The van der Waals surface area contributed by atoms with Crippen molar-refractivity contribution in [2.24, 2.45) is 0 Å². The standard InChI is InChI=1S/C19H23NO2/c1-14-5-9-17(10-6-14)15(2)20(3)19(21)18-11-7-16(8-12-18)13-22-4/h5-12,15H,13H2,1-4H3. The van der Waals surface area contributed by atoms with Gasteiger partial charge in [-0.1, -0.05) is 42.0 Å². The third-order valence-corrected chi connectivity index (χ3v) is 3.97. The minimum atomic E-state index is 0.0250. The number of nitrogens with zero attached hydrogens (tertiary/aromatic N) is 1. The van der Waals surface area contributed by atoms with Gasteiger partial charge < -0.3 is 9.64 Å². The maximum Gasteiger partial charge on any atom is 0.254 e. The number of carbonyl (C=O) groups excluding carboxylic acids is 1. The third kappa shape index (κ3) is 3.74. The summed E-state index contributed by atoms with van der Waals surface area (Å²) >= 11 is 0. The molecule has 0 spiro atoms. The molecule has 0 radical (unpaired) electrons. The van der Waals surface area contributed by atoms with Gasteiger partial charge in [0.1, 0.15) is 0 Å². The zero-order chi connectivity index (χ0) is 16.1. The van der Waals surface area contributed by atoms with Crippen LogP contribution >= 0.6 is 0 Å². The van der Waals surface area contributed by atoms with Crippen molar-refractivity contribution in [1.29, 1.82) is 0 Å². The summed E-state index contributed by atoms with van der Waals surface area (Å²) in [5.74, 6) is 0.0250. The summed E-state index contributed by atoms with van der Waals surface area (Å²) in [5.41, 5.74) is 4.12. The Labute approximate surface area is 132 Å². The van der Waals surface area contributed by atoms with Crippen LogP contribution < -0.4 is 0 Å². The molecular formula is C19H23NO2. The van der Waals surface area contributed by atoms with Crippen molar-refractivity contribution < 1.29 is 9.53 Å². The number of hydrogen-bond donors (Lipinski definition) is 0. The molecule has 0 aromatic heterocycles. The Kier molecular flexibility index (Phi) is 5.34. The van der Waals surface area contributed by atoms with Gasteiger partial charge in [0.05, 0.1) is 12.6 Å². The van der Waals surface area contributed by atoms with Crippen LogP contribution in [0.15, 0.2) is 48.5 Å². The van der Waals surface area contributed by atoms with E-state index in [0.717, 1.165) is 11.1 Å². The van der Waals surface area contributed by atoms with Crippen LogP contribution in [0.5, 0.6) is 0 Å². The molecule has 0 saturated heterocycles. The molecule has 1 atom stereocenters. The number of methoxy groups -OCH3 is 1. The summed E-state index contributed by atoms with van der Waals surface area (Å²) in [5, 5.41) is 0. The van der Waals surface area contributed by atoms with Gasteiger partial charge in [-0.25, -0.2) is 0 Å². The minimum Gasteiger partial charge on any atom is -0.380 e. The Morgan fingerprint density at radius 2 is 1.68 bits per heavy atom. The number of aryl methyl sites for hydroxylation is 1. The second-order valence-electron chi connectivity index (χ2n) is 5.63. The topological polar surface area (TPSA) is 29.5 Å². The zero-order valence-corrected chi connectivity index (χ0v) is 13.7. The van der Waals surface area contributed by atoms with Crippen molar-refractivity contribution in [1.82, 2.24) is 4.90 Å². The van der Waals surface area contributed by atoms with Crippen LogP contribution in [0.25, 0.3) is 0 Å². The molecule has 2 aromatic carbocycles. The lowest BCUT2D eigenvalue weighted by Gasteiger charge is -2.25. The van der Waals surface area contributed by atoms with E-state index >= 15 is 0 Å². The largest absolute Gasteiger partial charge is 0.380 e. The van der Waals surface area contributed by atoms with Gasteiger partial charge in [-0.15, -0.1) is 0 Å². The van der Waals surface area contributed by atoms with Crippen molar-refractivity contribution >= 4 is 5.91 Å². The van der Waals surface area contributed by atoms with Crippen molar-refractivity contribution in [3.63, 3.8) is 0 Å². The quantitative estimate of drug-likeness (QED) is 0.835. The first-order valence-corrected chi connectivity index (χ1v) is 7.44. The van der Waals surface area contributed by atoms with Crippen LogP contribution in [-0.2, 0) is 11.3 Å². The number of hydrogen-bond acceptors (Lipinski definition) is 2. The van der Waals surface area contributed by atoms with E-state index in [1.807, 2.05) is 38.2 Å². The van der Waals surface area contributed by atoms with Crippen LogP contribution in [0.4, 0.5) is 0 Å². The molecule has 0 aliphatic heterocycles. The second kappa shape index (κ2) is 7.23. The molecular weight excluding hydrogens is 274 g/mol. The molecule has 3 heteroatoms. The van der Waals surface area contributed by atoms with E-state index < -0.39 is 0 Å². The monoisotopic (exact) mass is 297 g/mol. The fourth-order valence-corrected chi connectivity index (χ4v) is 2.36. The predicted molar refractivity (Wildman–Crippen MR) is 88.8 cm³/mol. The number of rotatable bonds is 5. The Balaban J connectivity index is 2.12. The summed E-state index contributed by atoms with van der Waals surface area (Å²) < 4.78 is 5.09. The molecule has 0 bridgehead atoms. The van der Waals surface area contributed by atoms with Gasteiger partial charge in [0, 0.05) is 19.7 Å². The average molecular weight is 297 g/mol. The molecule has 0 aliphatic carbocycles. The molecule has 0 fully saturated rings. The first-order valence-electron chi connectivity index (χ1n) is 7.44. The SMILES string of the molecule is COCc1ccc(C(=O)N(C)C(C)c2ccc(C)cc2)cc1. The van der Waals surface area contributed by atoms with E-state index in [1.54, 1.807) is 12.0 Å². The fraction of sp³-hybridized carbons (Fsp3) is 0.316. The van der Waals surface area contributed by atoms with Crippen molar-refractivity contribution in [2.45, 2.75) is 26.5 Å². The highest BCUT2D eigenvalue weighted by Crippen LogP contribution is 2.21. The van der Waals surface area contributed by atoms with Gasteiger partial charge in [-0.2, -0.15) is 0 Å². The van der Waals surface area contributed by atoms with Crippen LogP contribution in [0, 0.1) is 6.92 Å². The van der Waals surface area contributed by atoms with Gasteiger partial charge in [0.15, 0.2) is 0 Å². The smallest absolute Gasteiger partial charge is 0.254 e. The molecule has 22 heavy (non-hydrogen) atoms. The van der Waals surface area contributed by atoms with Crippen molar-refractivity contribution in [2.75, 3.05) is 14.2 Å². The number of benzene rings is 2. The third-order valence-electron chi connectivity index (χ3n) is 3.97. The van der Waals surface area contributed by atoms with Gasteiger partial charge in [-0.3, -0.25) is 4.79 Å². The molecule has 2 rings (SSSR count). The molecule has 116 valence electrons. The Morgan fingerprint density at radius 3 is 2.23 bits per heavy atom. The highest BCUT2D eigenvalue weighted by molar-refractivity contribution is 5.94. The predicted octanol–water partition coefficient (Wildman–Crippen LogP) is 3.97. The highest BCUT2D eigenvalue weighted by atomic mass is 16.5. The molecule has 0 saturated carbocycles. The number of ether oxygens (including phenoxy) is 1. The Morgan fingerprint density at radius 1 is 1.09 bits per heavy atom. The van der Waals surface area contributed by atoms with Crippen LogP contribution in [-0.4, -0.2) is 25.0 Å². The Hall–Kier alpha value is -2.13. The lowest BCUT2D eigenvalue weighted by Crippen LogP contribution is -2.29. The minimum absolute atomic E-state index is 0.0250. The maximum absolute atomic E-state index is 12.6. The molecule has 0 heterocycles. The van der Waals surface area contributed by atoms with Gasteiger partial charge in [0.25, 0.3) is 5.91 Å². The summed E-state index contributed by atoms with van der Waals surface area (Å²) in [4.78, 5) is 14.4. The zero-order valence-electron chi connectivity index (χ0n) is 13.7. The lowest BCUT2D eigenvalue weighted by atomic mass is 10.0. The van der Waals surface area contributed by atoms with Crippen molar-refractivity contribution in [3.05, 3.63) is 70.8 Å². The van der Waals surface area contributed by atoms with Gasteiger partial charge >= 0.3 is 0 Å². The first kappa shape index (κ1) is 16.2. The van der Waals surface area contributed by atoms with Crippen LogP contribution in [0.2, 0.25) is 0 Å². The van der Waals surface area contributed by atoms with Gasteiger partial charge in [0.2, 0.25) is 0 Å². The summed E-state index contributed by atoms with van der Waals surface area (Å²) in [6.45, 7) is 4.66. The Bertz CT molecular complexity index is 617. The van der Waals surface area contributed by atoms with Crippen molar-refractivity contribution in [3.8, 4) is 0 Å². The summed E-state index contributed by atoms with van der Waals surface area (Å²) in [7, 11) is 3.51. The molecule has 1 unspecified atom stereocenters. The maximum atomic E-state index is 12.6. The normalized spacial score (nSPS) is 12.0. The molecule has 0 aliphatic rings. The van der Waals surface area contributed by atoms with Crippen LogP contribution in [0.3, 0.4) is 0 Å². The van der Waals surface area contributed by atoms with E-state index in [-0.39, 0.29) is 11.9 Å². The van der Waals surface area contributed by atoms with E-state index in [9.17, 15) is 4.79 Å².